The maximum atomic E-state index is 13.6. The predicted molar refractivity (Wildman–Crippen MR) is 155 cm³/mol. The molecule has 5 rings (SSSR count). The van der Waals surface area contributed by atoms with E-state index >= 15 is 0 Å². The van der Waals surface area contributed by atoms with E-state index in [0.29, 0.717) is 10.1 Å². The van der Waals surface area contributed by atoms with E-state index in [4.69, 9.17) is 15.2 Å². The fraction of sp³-hybridized carbons (Fsp3) is 0.385. The van der Waals surface area contributed by atoms with E-state index in [9.17, 15) is 38.7 Å². The van der Waals surface area contributed by atoms with Crippen molar-refractivity contribution in [2.24, 2.45) is 12.8 Å². The Kier molecular flexibility index (Phi) is 9.37. The number of carboxylic acids is 1. The van der Waals surface area contributed by atoms with E-state index in [1.807, 2.05) is 0 Å². The van der Waals surface area contributed by atoms with Gasteiger partial charge in [0.1, 0.15) is 17.5 Å². The number of nitrogens with two attached hydrogens (primary N) is 1. The van der Waals surface area contributed by atoms with Crippen molar-refractivity contribution in [2.75, 3.05) is 32.0 Å². The van der Waals surface area contributed by atoms with Crippen molar-refractivity contribution in [1.82, 2.24) is 45.5 Å². The van der Waals surface area contributed by atoms with Crippen LogP contribution in [0.4, 0.5) is 9.59 Å². The van der Waals surface area contributed by atoms with E-state index in [1.165, 1.54) is 33.8 Å². The molecule has 0 bridgehead atoms. The standard InChI is InChI=1S/C26H28N10O10S/c1-3-34-8-9-35(21(40)20(34)39)25(44)29-15(12-4-6-14(7-5-12)46-24(27)43)18(37)28-16-19(38)36-17(23(41)42)13(10-45-22(16)36)11-47-26-30-31-32-33(26)2/h4-7,15-16,22H,3,8-11H2,1-2H3,(H2,27,43)(H,28,37)(H,29,44)(H,41,42). The molecule has 7 amide bonds. The minimum Gasteiger partial charge on any atom is -0.477 e. The van der Waals surface area contributed by atoms with E-state index in [2.05, 4.69) is 26.2 Å². The lowest BCUT2D eigenvalue weighted by Gasteiger charge is -2.49. The van der Waals surface area contributed by atoms with Crippen LogP contribution >= 0.6 is 11.8 Å². The number of rotatable bonds is 10. The molecule has 0 radical (unpaired) electrons. The zero-order valence-electron chi connectivity index (χ0n) is 24.8. The largest absolute Gasteiger partial charge is 0.477 e. The smallest absolute Gasteiger partial charge is 0.409 e. The number of aryl methyl sites for hydroxylation is 1. The Morgan fingerprint density at radius 2 is 1.87 bits per heavy atom. The fourth-order valence-electron chi connectivity index (χ4n) is 5.04. The van der Waals surface area contributed by atoms with Crippen molar-refractivity contribution in [1.29, 1.82) is 0 Å². The van der Waals surface area contributed by atoms with Crippen LogP contribution in [0.2, 0.25) is 0 Å². The third-order valence-corrected chi connectivity index (χ3v) is 8.50. The summed E-state index contributed by atoms with van der Waals surface area (Å²) in [5.74, 6) is -4.93. The molecule has 47 heavy (non-hydrogen) atoms. The van der Waals surface area contributed by atoms with Crippen LogP contribution in [0, 0.1) is 0 Å². The molecule has 3 aliphatic heterocycles. The number of likely N-dealkylation sites (N-methyl/N-ethyl adjacent to an activating group) is 1. The van der Waals surface area contributed by atoms with Crippen LogP contribution in [-0.4, -0.2) is 126 Å². The molecule has 4 heterocycles. The first kappa shape index (κ1) is 32.8. The molecule has 5 N–H and O–H groups in total. The van der Waals surface area contributed by atoms with E-state index in [0.717, 1.165) is 16.7 Å². The highest BCUT2D eigenvalue weighted by Gasteiger charge is 2.55. The molecule has 3 aliphatic rings. The Bertz CT molecular complexity index is 1680. The number of thioether (sulfide) groups is 1. The zero-order chi connectivity index (χ0) is 34.0. The summed E-state index contributed by atoms with van der Waals surface area (Å²) in [6, 6.07) is 1.33. The highest BCUT2D eigenvalue weighted by molar-refractivity contribution is 7.99. The van der Waals surface area contributed by atoms with Crippen molar-refractivity contribution in [3.63, 3.8) is 0 Å². The summed E-state index contributed by atoms with van der Waals surface area (Å²) in [4.78, 5) is 91.3. The summed E-state index contributed by atoms with van der Waals surface area (Å²) >= 11 is 1.14. The summed E-state index contributed by atoms with van der Waals surface area (Å²) in [6.07, 6.45) is -2.26. The highest BCUT2D eigenvalue weighted by atomic mass is 32.2. The number of ether oxygens (including phenoxy) is 2. The van der Waals surface area contributed by atoms with Gasteiger partial charge in [-0.15, -0.1) is 5.10 Å². The van der Waals surface area contributed by atoms with Gasteiger partial charge in [0.05, 0.1) is 6.61 Å². The number of hydrogen-bond donors (Lipinski definition) is 4. The Morgan fingerprint density at radius 3 is 2.49 bits per heavy atom. The second kappa shape index (κ2) is 13.4. The molecule has 21 heteroatoms. The van der Waals surface area contributed by atoms with Crippen LogP contribution in [0.1, 0.15) is 18.5 Å². The summed E-state index contributed by atoms with van der Waals surface area (Å²) < 4.78 is 12.0. The number of carbonyl (C=O) groups excluding carboxylic acids is 6. The van der Waals surface area contributed by atoms with Crippen molar-refractivity contribution in [3.8, 4) is 5.75 Å². The normalized spacial score (nSPS) is 20.0. The number of nitrogens with one attached hydrogen (secondary N) is 2. The number of benzene rings is 1. The van der Waals surface area contributed by atoms with Gasteiger partial charge in [0.2, 0.25) is 11.1 Å². The SMILES string of the molecule is CCN1CCN(C(=O)NC(C(=O)NC2C(=O)N3C(C(=O)O)=C(CSc4nnnn4C)COC23)c2ccc(OC(N)=O)cc2)C(=O)C1=O. The van der Waals surface area contributed by atoms with Gasteiger partial charge in [0, 0.05) is 32.4 Å². The minimum absolute atomic E-state index is 0.0287. The number of piperazine rings is 1. The molecule has 2 saturated heterocycles. The number of nitrogens with zero attached hydrogens (tertiary/aromatic N) is 7. The topological polar surface area (TPSA) is 262 Å². The third kappa shape index (κ3) is 6.56. The molecule has 248 valence electrons. The maximum absolute atomic E-state index is 13.6. The predicted octanol–water partition coefficient (Wildman–Crippen LogP) is -2.08. The number of urea groups is 1. The van der Waals surface area contributed by atoms with Crippen LogP contribution in [-0.2, 0) is 35.8 Å². The summed E-state index contributed by atoms with van der Waals surface area (Å²) in [6.45, 7) is 1.72. The first-order chi connectivity index (χ1) is 22.4. The van der Waals surface area contributed by atoms with Crippen LogP contribution in [0.5, 0.6) is 5.75 Å². The number of imide groups is 1. The Morgan fingerprint density at radius 1 is 1.15 bits per heavy atom. The van der Waals surface area contributed by atoms with Crippen LogP contribution in [0.3, 0.4) is 0 Å². The van der Waals surface area contributed by atoms with Crippen molar-refractivity contribution in [3.05, 3.63) is 41.1 Å². The van der Waals surface area contributed by atoms with Gasteiger partial charge in [0.25, 0.3) is 5.91 Å². The quantitative estimate of drug-likeness (QED) is 0.120. The first-order valence-corrected chi connectivity index (χ1v) is 14.9. The van der Waals surface area contributed by atoms with E-state index in [1.54, 1.807) is 14.0 Å². The monoisotopic (exact) mass is 672 g/mol. The molecule has 20 nitrogen and oxygen atoms in total. The summed E-state index contributed by atoms with van der Waals surface area (Å²) in [7, 11) is 1.61. The molecular weight excluding hydrogens is 644 g/mol. The fourth-order valence-corrected chi connectivity index (χ4v) is 5.88. The molecule has 2 aromatic rings. The number of carbonyl (C=O) groups is 7. The van der Waals surface area contributed by atoms with Gasteiger partial charge < -0.3 is 35.8 Å². The highest BCUT2D eigenvalue weighted by Crippen LogP contribution is 2.35. The van der Waals surface area contributed by atoms with Gasteiger partial charge in [-0.1, -0.05) is 23.9 Å². The number of aliphatic carboxylic acids is 1. The number of fused-ring (bicyclic) bond motifs is 1. The van der Waals surface area contributed by atoms with Gasteiger partial charge in [-0.05, 0) is 40.6 Å². The van der Waals surface area contributed by atoms with Gasteiger partial charge in [-0.3, -0.25) is 29.0 Å². The number of β-lactam (4-membered cyclic amide) rings is 1. The average molecular weight is 673 g/mol. The molecule has 2 fully saturated rings. The zero-order valence-corrected chi connectivity index (χ0v) is 25.6. The molecule has 3 atom stereocenters. The van der Waals surface area contributed by atoms with Gasteiger partial charge in [0.15, 0.2) is 12.3 Å². The number of amides is 7. The maximum Gasteiger partial charge on any atom is 0.409 e. The number of primary amides is 1. The van der Waals surface area contributed by atoms with E-state index < -0.39 is 60.0 Å². The molecule has 3 unspecified atom stereocenters. The molecule has 0 aliphatic carbocycles. The van der Waals surface area contributed by atoms with Crippen molar-refractivity contribution >= 4 is 53.5 Å². The Hall–Kier alpha value is -5.57. The molecule has 1 aromatic heterocycles. The van der Waals surface area contributed by atoms with Crippen molar-refractivity contribution in [2.45, 2.75) is 30.4 Å². The number of hydrogen-bond acceptors (Lipinski definition) is 13. The van der Waals surface area contributed by atoms with Crippen LogP contribution < -0.4 is 21.1 Å². The second-order valence-electron chi connectivity index (χ2n) is 10.2. The number of carboxylic acid groups (broad SMARTS) is 1. The van der Waals surface area contributed by atoms with E-state index in [-0.39, 0.29) is 54.6 Å². The molecule has 0 saturated carbocycles. The van der Waals surface area contributed by atoms with Gasteiger partial charge >= 0.3 is 29.9 Å². The molecular formula is C26H28N10O10S. The minimum atomic E-state index is -1.54. The lowest BCUT2D eigenvalue weighted by molar-refractivity contribution is -0.184. The number of aromatic nitrogens is 4. The molecule has 0 spiro atoms. The molecule has 1 aromatic carbocycles. The second-order valence-corrected chi connectivity index (χ2v) is 11.2. The number of tetrazole rings is 1. The van der Waals surface area contributed by atoms with Crippen LogP contribution in [0.25, 0.3) is 0 Å². The lowest BCUT2D eigenvalue weighted by atomic mass is 9.98. The lowest BCUT2D eigenvalue weighted by Crippen LogP contribution is -2.73. The summed E-state index contributed by atoms with van der Waals surface area (Å²) in [5, 5.41) is 26.3. The van der Waals surface area contributed by atoms with Crippen LogP contribution in [0.15, 0.2) is 40.7 Å². The first-order valence-electron chi connectivity index (χ1n) is 13.9. The summed E-state index contributed by atoms with van der Waals surface area (Å²) in [5.41, 5.74) is 5.16. The van der Waals surface area contributed by atoms with Gasteiger partial charge in [-0.25, -0.2) is 19.1 Å². The van der Waals surface area contributed by atoms with Gasteiger partial charge in [-0.2, -0.15) is 0 Å². The average Bonchev–Trinajstić information content (AvgIpc) is 3.46. The van der Waals surface area contributed by atoms with Crippen molar-refractivity contribution < 1.29 is 48.1 Å². The third-order valence-electron chi connectivity index (χ3n) is 7.40. The Balaban J connectivity index is 1.34. The Labute approximate surface area is 269 Å².